The molecule has 7 heteroatoms. The van der Waals surface area contributed by atoms with Gasteiger partial charge in [-0.3, -0.25) is 9.78 Å². The van der Waals surface area contributed by atoms with Crippen molar-refractivity contribution in [2.24, 2.45) is 0 Å². The predicted octanol–water partition coefficient (Wildman–Crippen LogP) is 5.06. The summed E-state index contributed by atoms with van der Waals surface area (Å²) in [6, 6.07) is 17.4. The normalized spacial score (nSPS) is 10.9. The summed E-state index contributed by atoms with van der Waals surface area (Å²) in [7, 11) is 0. The molecule has 144 valence electrons. The molecule has 4 nitrogen and oxygen atoms in total. The van der Waals surface area contributed by atoms with Crippen molar-refractivity contribution in [3.05, 3.63) is 105 Å². The zero-order valence-corrected chi connectivity index (χ0v) is 16.6. The Morgan fingerprint density at radius 2 is 1.76 bits per heavy atom. The number of rotatable bonds is 4. The maximum Gasteiger partial charge on any atom is 0.267 e. The van der Waals surface area contributed by atoms with Gasteiger partial charge in [0, 0.05) is 33.9 Å². The summed E-state index contributed by atoms with van der Waals surface area (Å²) in [5.74, 6) is -1.40. The molecule has 0 aliphatic heterocycles. The second kappa shape index (κ2) is 8.05. The van der Waals surface area contributed by atoms with Crippen molar-refractivity contribution in [2.75, 3.05) is 0 Å². The highest BCUT2D eigenvalue weighted by molar-refractivity contribution is 9.10. The molecule has 2 heterocycles. The minimum absolute atomic E-state index is 0.132. The Balaban J connectivity index is 1.67. The van der Waals surface area contributed by atoms with Gasteiger partial charge in [-0.25, -0.2) is 13.5 Å². The number of aromatic nitrogens is 3. The Labute approximate surface area is 173 Å². The molecule has 4 rings (SSSR count). The maximum atomic E-state index is 14.1. The second-order valence-corrected chi connectivity index (χ2v) is 7.32. The minimum atomic E-state index is -0.731. The Morgan fingerprint density at radius 3 is 2.52 bits per heavy atom. The highest BCUT2D eigenvalue weighted by Crippen LogP contribution is 2.22. The molecule has 0 aliphatic rings. The molecule has 0 saturated heterocycles. The highest BCUT2D eigenvalue weighted by atomic mass is 79.9. The van der Waals surface area contributed by atoms with Crippen LogP contribution in [0.1, 0.15) is 5.56 Å². The molecule has 0 radical (unpaired) electrons. The van der Waals surface area contributed by atoms with E-state index in [0.29, 0.717) is 0 Å². The molecular weight excluding hydrogens is 440 g/mol. The highest BCUT2D eigenvalue weighted by Gasteiger charge is 2.10. The van der Waals surface area contributed by atoms with E-state index in [4.69, 9.17) is 0 Å². The van der Waals surface area contributed by atoms with Crippen LogP contribution in [0.2, 0.25) is 0 Å². The molecule has 0 saturated carbocycles. The van der Waals surface area contributed by atoms with E-state index in [1.807, 2.05) is 36.4 Å². The van der Waals surface area contributed by atoms with Crippen LogP contribution < -0.4 is 5.56 Å². The van der Waals surface area contributed by atoms with E-state index in [9.17, 15) is 13.6 Å². The summed E-state index contributed by atoms with van der Waals surface area (Å²) in [5, 5.41) is 4.26. The van der Waals surface area contributed by atoms with Crippen LogP contribution in [-0.2, 0) is 6.54 Å². The van der Waals surface area contributed by atoms with Gasteiger partial charge in [-0.1, -0.05) is 18.2 Å². The van der Waals surface area contributed by atoms with Crippen LogP contribution in [0.25, 0.3) is 22.5 Å². The van der Waals surface area contributed by atoms with Gasteiger partial charge in [0.1, 0.15) is 11.6 Å². The van der Waals surface area contributed by atoms with Gasteiger partial charge in [0.2, 0.25) is 0 Å². The average molecular weight is 454 g/mol. The third-order valence-electron chi connectivity index (χ3n) is 4.36. The van der Waals surface area contributed by atoms with E-state index in [0.717, 1.165) is 33.4 Å². The van der Waals surface area contributed by atoms with Gasteiger partial charge in [0.05, 0.1) is 17.9 Å². The van der Waals surface area contributed by atoms with Crippen LogP contribution in [0.15, 0.2) is 82.2 Å². The Kier molecular flexibility index (Phi) is 5.31. The van der Waals surface area contributed by atoms with Crippen molar-refractivity contribution in [1.29, 1.82) is 0 Å². The van der Waals surface area contributed by atoms with E-state index >= 15 is 0 Å². The van der Waals surface area contributed by atoms with Crippen LogP contribution in [-0.4, -0.2) is 14.8 Å². The fraction of sp³-hybridized carbons (Fsp3) is 0.0455. The molecule has 0 unspecified atom stereocenters. The fourth-order valence-electron chi connectivity index (χ4n) is 2.95. The first-order valence-electron chi connectivity index (χ1n) is 8.74. The van der Waals surface area contributed by atoms with Crippen molar-refractivity contribution in [2.45, 2.75) is 6.54 Å². The number of nitrogens with zero attached hydrogens (tertiary/aromatic N) is 3. The van der Waals surface area contributed by atoms with E-state index in [-0.39, 0.29) is 23.4 Å². The van der Waals surface area contributed by atoms with Gasteiger partial charge in [-0.05, 0) is 57.9 Å². The Morgan fingerprint density at radius 1 is 0.931 bits per heavy atom. The van der Waals surface area contributed by atoms with Crippen LogP contribution in [0.3, 0.4) is 0 Å². The molecule has 0 fully saturated rings. The molecule has 0 N–H and O–H groups in total. The molecule has 4 aromatic rings. The van der Waals surface area contributed by atoms with E-state index in [1.165, 1.54) is 22.9 Å². The first kappa shape index (κ1) is 19.1. The zero-order valence-electron chi connectivity index (χ0n) is 15.0. The van der Waals surface area contributed by atoms with Gasteiger partial charge in [0.25, 0.3) is 5.56 Å². The van der Waals surface area contributed by atoms with Crippen molar-refractivity contribution >= 4 is 15.9 Å². The molecule has 2 aromatic carbocycles. The second-order valence-electron chi connectivity index (χ2n) is 6.40. The van der Waals surface area contributed by atoms with E-state index in [1.54, 1.807) is 6.20 Å². The van der Waals surface area contributed by atoms with E-state index in [2.05, 4.69) is 26.0 Å². The molecule has 29 heavy (non-hydrogen) atoms. The van der Waals surface area contributed by atoms with Crippen molar-refractivity contribution in [1.82, 2.24) is 14.8 Å². The fourth-order valence-corrected chi connectivity index (χ4v) is 3.19. The molecular formula is C22H14BrF2N3O. The topological polar surface area (TPSA) is 47.8 Å². The molecule has 0 aliphatic carbocycles. The number of pyridine rings is 1. The van der Waals surface area contributed by atoms with Gasteiger partial charge >= 0.3 is 0 Å². The summed E-state index contributed by atoms with van der Waals surface area (Å²) < 4.78 is 29.4. The monoisotopic (exact) mass is 453 g/mol. The van der Waals surface area contributed by atoms with Gasteiger partial charge in [-0.2, -0.15) is 5.10 Å². The van der Waals surface area contributed by atoms with Crippen LogP contribution in [0.5, 0.6) is 0 Å². The summed E-state index contributed by atoms with van der Waals surface area (Å²) in [5.41, 5.74) is 2.63. The lowest BCUT2D eigenvalue weighted by molar-refractivity contribution is 0.583. The number of hydrogen-bond acceptors (Lipinski definition) is 3. The van der Waals surface area contributed by atoms with Crippen LogP contribution in [0.4, 0.5) is 8.78 Å². The summed E-state index contributed by atoms with van der Waals surface area (Å²) >= 11 is 3.36. The quantitative estimate of drug-likeness (QED) is 0.433. The van der Waals surface area contributed by atoms with Crippen LogP contribution >= 0.6 is 15.9 Å². The van der Waals surface area contributed by atoms with Crippen molar-refractivity contribution in [3.63, 3.8) is 0 Å². The first-order valence-corrected chi connectivity index (χ1v) is 9.53. The molecule has 0 spiro atoms. The molecule has 0 atom stereocenters. The SMILES string of the molecule is O=c1ccc(-c2ccc(F)cc2F)nn1Cc1cccc(-c2ccc(Br)cn2)c1. The van der Waals surface area contributed by atoms with Gasteiger partial charge < -0.3 is 0 Å². The summed E-state index contributed by atoms with van der Waals surface area (Å²) in [6.45, 7) is 0.208. The zero-order chi connectivity index (χ0) is 20.4. The van der Waals surface area contributed by atoms with Crippen LogP contribution in [0, 0.1) is 11.6 Å². The Hall–Kier alpha value is -3.19. The summed E-state index contributed by atoms with van der Waals surface area (Å²) in [4.78, 5) is 16.6. The lowest BCUT2D eigenvalue weighted by Crippen LogP contribution is -2.23. The lowest BCUT2D eigenvalue weighted by Gasteiger charge is -2.09. The maximum absolute atomic E-state index is 14.1. The lowest BCUT2D eigenvalue weighted by atomic mass is 10.1. The van der Waals surface area contributed by atoms with Crippen molar-refractivity contribution < 1.29 is 8.78 Å². The first-order chi connectivity index (χ1) is 14.0. The largest absolute Gasteiger partial charge is 0.268 e. The standard InChI is InChI=1S/C22H14BrF2N3O/c23-16-4-7-20(26-12-16)15-3-1-2-14(10-15)13-28-22(29)9-8-21(27-28)18-6-5-17(24)11-19(18)25/h1-12H,13H2. The van der Waals surface area contributed by atoms with Gasteiger partial charge in [0.15, 0.2) is 0 Å². The van der Waals surface area contributed by atoms with Gasteiger partial charge in [-0.15, -0.1) is 0 Å². The van der Waals surface area contributed by atoms with Crippen molar-refractivity contribution in [3.8, 4) is 22.5 Å². The van der Waals surface area contributed by atoms with E-state index < -0.39 is 11.6 Å². The average Bonchev–Trinajstić information content (AvgIpc) is 2.71. The Bertz CT molecular complexity index is 1240. The third-order valence-corrected chi connectivity index (χ3v) is 4.83. The predicted molar refractivity (Wildman–Crippen MR) is 110 cm³/mol. The smallest absolute Gasteiger partial charge is 0.267 e. The third kappa shape index (κ3) is 4.30. The minimum Gasteiger partial charge on any atom is -0.268 e. The number of benzene rings is 2. The summed E-state index contributed by atoms with van der Waals surface area (Å²) in [6.07, 6.45) is 1.72. The molecule has 0 amide bonds. The molecule has 2 aromatic heterocycles. The number of hydrogen-bond donors (Lipinski definition) is 0. The molecule has 0 bridgehead atoms. The number of halogens is 3.